The molecule has 1 aromatic carbocycles. The van der Waals surface area contributed by atoms with Gasteiger partial charge in [0.1, 0.15) is 11.9 Å². The average molecular weight is 344 g/mol. The second-order valence-corrected chi connectivity index (χ2v) is 7.00. The van der Waals surface area contributed by atoms with Crippen molar-refractivity contribution < 1.29 is 27.1 Å². The normalized spacial score (nSPS) is 19.2. The van der Waals surface area contributed by atoms with Crippen molar-refractivity contribution in [2.24, 2.45) is 0 Å². The molecular weight excluding hydrogens is 327 g/mol. The van der Waals surface area contributed by atoms with E-state index < -0.39 is 33.8 Å². The Morgan fingerprint density at radius 1 is 1.39 bits per heavy atom. The summed E-state index contributed by atoms with van der Waals surface area (Å²) < 4.78 is 43.6. The maximum atomic E-state index is 12.9. The van der Waals surface area contributed by atoms with Gasteiger partial charge in [-0.25, -0.2) is 12.8 Å². The summed E-state index contributed by atoms with van der Waals surface area (Å²) in [6, 6.07) is 3.93. The molecule has 0 spiro atoms. The lowest BCUT2D eigenvalue weighted by Gasteiger charge is -2.33. The van der Waals surface area contributed by atoms with Crippen molar-refractivity contribution in [3.63, 3.8) is 0 Å². The summed E-state index contributed by atoms with van der Waals surface area (Å²) in [6.07, 6.45) is -0.356. The van der Waals surface area contributed by atoms with Crippen LogP contribution in [0.2, 0.25) is 0 Å². The number of amides is 1. The second kappa shape index (κ2) is 7.05. The molecule has 0 aromatic heterocycles. The Balaban J connectivity index is 2.22. The van der Waals surface area contributed by atoms with Crippen LogP contribution in [0, 0.1) is 5.82 Å². The van der Waals surface area contributed by atoms with Gasteiger partial charge < -0.3 is 10.1 Å². The van der Waals surface area contributed by atoms with E-state index in [0.717, 1.165) is 4.31 Å². The van der Waals surface area contributed by atoms with Crippen LogP contribution < -0.4 is 5.32 Å². The summed E-state index contributed by atoms with van der Waals surface area (Å²) in [5, 5.41) is 2.53. The molecule has 1 atom stereocenters. The number of carbonyl (C=O) groups is 2. The van der Waals surface area contributed by atoms with E-state index in [9.17, 15) is 22.4 Å². The van der Waals surface area contributed by atoms with Crippen molar-refractivity contribution in [1.29, 1.82) is 0 Å². The van der Waals surface area contributed by atoms with Crippen molar-refractivity contribution in [1.82, 2.24) is 9.62 Å². The van der Waals surface area contributed by atoms with Gasteiger partial charge in [-0.15, -0.1) is 0 Å². The minimum atomic E-state index is -3.84. The molecule has 1 amide bonds. The minimum absolute atomic E-state index is 0.0664. The molecule has 1 saturated heterocycles. The molecule has 1 N–H and O–H groups in total. The van der Waals surface area contributed by atoms with Crippen molar-refractivity contribution >= 4 is 21.9 Å². The summed E-state index contributed by atoms with van der Waals surface area (Å²) >= 11 is 0. The molecule has 2 rings (SSSR count). The maximum Gasteiger partial charge on any atom is 0.307 e. The van der Waals surface area contributed by atoms with Crippen molar-refractivity contribution in [2.75, 3.05) is 20.2 Å². The molecule has 1 fully saturated rings. The first-order valence-electron chi connectivity index (χ1n) is 6.92. The Hall–Kier alpha value is -2.00. The van der Waals surface area contributed by atoms with Gasteiger partial charge in [0.05, 0.1) is 19.3 Å². The highest BCUT2D eigenvalue weighted by molar-refractivity contribution is 7.88. The van der Waals surface area contributed by atoms with Gasteiger partial charge in [-0.1, -0.05) is 12.1 Å². The predicted octanol–water partition coefficient (Wildman–Crippen LogP) is 0.0190. The predicted molar refractivity (Wildman–Crippen MR) is 79.2 cm³/mol. The molecular formula is C14H17FN2O5S. The fourth-order valence-electron chi connectivity index (χ4n) is 2.34. The summed E-state index contributed by atoms with van der Waals surface area (Å²) in [4.78, 5) is 23.4. The van der Waals surface area contributed by atoms with Crippen LogP contribution in [0.5, 0.6) is 0 Å². The van der Waals surface area contributed by atoms with Crippen LogP contribution in [0.4, 0.5) is 4.39 Å². The number of sulfonamides is 1. The van der Waals surface area contributed by atoms with Crippen LogP contribution in [0.3, 0.4) is 0 Å². The Bertz CT molecular complexity index is 690. The first-order chi connectivity index (χ1) is 10.8. The van der Waals surface area contributed by atoms with E-state index in [1.807, 2.05) is 0 Å². The zero-order chi connectivity index (χ0) is 17.0. The number of halogens is 1. The molecule has 1 unspecified atom stereocenters. The van der Waals surface area contributed by atoms with Gasteiger partial charge in [-0.2, -0.15) is 4.31 Å². The number of hydrogen-bond acceptors (Lipinski definition) is 5. The van der Waals surface area contributed by atoms with Gasteiger partial charge in [0.25, 0.3) is 0 Å². The number of methoxy groups -OCH3 is 1. The Kier molecular flexibility index (Phi) is 5.32. The zero-order valence-electron chi connectivity index (χ0n) is 12.5. The molecule has 126 valence electrons. The third kappa shape index (κ3) is 4.26. The molecule has 1 aliphatic rings. The molecule has 23 heavy (non-hydrogen) atoms. The fraction of sp³-hybridized carbons (Fsp3) is 0.429. The summed E-state index contributed by atoms with van der Waals surface area (Å²) in [7, 11) is -2.68. The van der Waals surface area contributed by atoms with Crippen LogP contribution in [-0.4, -0.2) is 50.8 Å². The highest BCUT2D eigenvalue weighted by Gasteiger charge is 2.39. The van der Waals surface area contributed by atoms with Crippen LogP contribution in [-0.2, 0) is 30.1 Å². The minimum Gasteiger partial charge on any atom is -0.469 e. The molecule has 0 saturated carbocycles. The monoisotopic (exact) mass is 344 g/mol. The molecule has 0 aliphatic carbocycles. The van der Waals surface area contributed by atoms with Crippen molar-refractivity contribution in [2.45, 2.75) is 18.2 Å². The van der Waals surface area contributed by atoms with Crippen LogP contribution >= 0.6 is 0 Å². The molecule has 7 nitrogen and oxygen atoms in total. The average Bonchev–Trinajstić information content (AvgIpc) is 2.51. The van der Waals surface area contributed by atoms with Crippen LogP contribution in [0.25, 0.3) is 0 Å². The summed E-state index contributed by atoms with van der Waals surface area (Å²) in [5.41, 5.74) is 0.397. The number of ether oxygens (including phenoxy) is 1. The largest absolute Gasteiger partial charge is 0.469 e. The highest BCUT2D eigenvalue weighted by Crippen LogP contribution is 2.19. The van der Waals surface area contributed by atoms with Crippen molar-refractivity contribution in [3.8, 4) is 0 Å². The molecule has 1 aromatic rings. The molecule has 1 heterocycles. The lowest BCUT2D eigenvalue weighted by atomic mass is 10.1. The molecule has 9 heteroatoms. The van der Waals surface area contributed by atoms with Gasteiger partial charge >= 0.3 is 5.97 Å². The number of hydrogen-bond donors (Lipinski definition) is 1. The van der Waals surface area contributed by atoms with E-state index in [1.54, 1.807) is 0 Å². The van der Waals surface area contributed by atoms with E-state index in [2.05, 4.69) is 10.1 Å². The Morgan fingerprint density at radius 3 is 2.65 bits per heavy atom. The number of rotatable bonds is 5. The summed E-state index contributed by atoms with van der Waals surface area (Å²) in [6.45, 7) is 0.232. The number of carbonyl (C=O) groups excluding carboxylic acids is 2. The summed E-state index contributed by atoms with van der Waals surface area (Å²) in [5.74, 6) is -2.05. The number of nitrogens with one attached hydrogen (secondary N) is 1. The number of esters is 1. The van der Waals surface area contributed by atoms with Gasteiger partial charge in [-0.3, -0.25) is 9.59 Å². The smallest absolute Gasteiger partial charge is 0.307 e. The standard InChI is InChI=1S/C14H17FN2O5S/c1-22-13(18)8-12-14(19)16-6-7-17(12)23(20,21)9-10-2-4-11(15)5-3-10/h2-5,12H,6-9H2,1H3,(H,16,19). The van der Waals surface area contributed by atoms with E-state index in [-0.39, 0.29) is 25.3 Å². The van der Waals surface area contributed by atoms with Gasteiger partial charge in [0.15, 0.2) is 0 Å². The Labute approximate surface area is 133 Å². The van der Waals surface area contributed by atoms with E-state index in [4.69, 9.17) is 0 Å². The van der Waals surface area contributed by atoms with E-state index in [1.165, 1.54) is 31.4 Å². The number of piperazine rings is 1. The maximum absolute atomic E-state index is 12.9. The van der Waals surface area contributed by atoms with E-state index in [0.29, 0.717) is 5.56 Å². The Morgan fingerprint density at radius 2 is 2.04 bits per heavy atom. The first-order valence-corrected chi connectivity index (χ1v) is 8.53. The number of nitrogens with zero attached hydrogens (tertiary/aromatic N) is 1. The highest BCUT2D eigenvalue weighted by atomic mass is 32.2. The van der Waals surface area contributed by atoms with Crippen LogP contribution in [0.1, 0.15) is 12.0 Å². The quantitative estimate of drug-likeness (QED) is 0.760. The van der Waals surface area contributed by atoms with Crippen molar-refractivity contribution in [3.05, 3.63) is 35.6 Å². The first kappa shape index (κ1) is 17.4. The van der Waals surface area contributed by atoms with Crippen LogP contribution in [0.15, 0.2) is 24.3 Å². The van der Waals surface area contributed by atoms with Gasteiger partial charge in [0.2, 0.25) is 15.9 Å². The van der Waals surface area contributed by atoms with Gasteiger partial charge in [-0.05, 0) is 17.7 Å². The van der Waals surface area contributed by atoms with E-state index >= 15 is 0 Å². The molecule has 1 aliphatic heterocycles. The molecule has 0 bridgehead atoms. The fourth-order valence-corrected chi connectivity index (χ4v) is 4.04. The third-order valence-corrected chi connectivity index (χ3v) is 5.34. The zero-order valence-corrected chi connectivity index (χ0v) is 13.3. The topological polar surface area (TPSA) is 92.8 Å². The molecule has 0 radical (unpaired) electrons. The lowest BCUT2D eigenvalue weighted by molar-refractivity contribution is -0.144. The number of benzene rings is 1. The third-order valence-electron chi connectivity index (χ3n) is 3.49. The second-order valence-electron chi connectivity index (χ2n) is 5.08. The lowest BCUT2D eigenvalue weighted by Crippen LogP contribution is -2.57. The SMILES string of the molecule is COC(=O)CC1C(=O)NCCN1S(=O)(=O)Cc1ccc(F)cc1. The van der Waals surface area contributed by atoms with Gasteiger partial charge in [0, 0.05) is 13.1 Å².